The van der Waals surface area contributed by atoms with Gasteiger partial charge < -0.3 is 0 Å². The van der Waals surface area contributed by atoms with Crippen LogP contribution in [0.3, 0.4) is 0 Å². The molecule has 90 valence electrons. The van der Waals surface area contributed by atoms with Crippen LogP contribution in [0.1, 0.15) is 15.9 Å². The predicted molar refractivity (Wildman–Crippen MR) is 79.0 cm³/mol. The standard InChI is InChI=1S/C15H10BrClO/c16-13-5-1-3-11(9-13)7-8-15(18)12-4-2-6-14(17)10-12/h1-10H/b8-7+. The molecular weight excluding hydrogens is 312 g/mol. The smallest absolute Gasteiger partial charge is 0.185 e. The molecule has 0 aliphatic heterocycles. The molecule has 0 aliphatic carbocycles. The Bertz CT molecular complexity index is 605. The molecular formula is C15H10BrClO. The van der Waals surface area contributed by atoms with Crippen LogP contribution in [-0.2, 0) is 0 Å². The predicted octanol–water partition coefficient (Wildman–Crippen LogP) is 5.00. The van der Waals surface area contributed by atoms with Gasteiger partial charge in [0.25, 0.3) is 0 Å². The van der Waals surface area contributed by atoms with Crippen LogP contribution in [0.5, 0.6) is 0 Å². The van der Waals surface area contributed by atoms with Gasteiger partial charge in [-0.2, -0.15) is 0 Å². The Hall–Kier alpha value is -1.38. The second-order valence-electron chi connectivity index (χ2n) is 3.76. The van der Waals surface area contributed by atoms with Crippen LogP contribution < -0.4 is 0 Å². The summed E-state index contributed by atoms with van der Waals surface area (Å²) in [5.41, 5.74) is 1.56. The number of carbonyl (C=O) groups is 1. The summed E-state index contributed by atoms with van der Waals surface area (Å²) in [7, 11) is 0. The van der Waals surface area contributed by atoms with Crippen molar-refractivity contribution in [1.82, 2.24) is 0 Å². The van der Waals surface area contributed by atoms with Gasteiger partial charge in [-0.3, -0.25) is 4.79 Å². The summed E-state index contributed by atoms with van der Waals surface area (Å²) in [5, 5.41) is 0.566. The van der Waals surface area contributed by atoms with Gasteiger partial charge in [0.2, 0.25) is 0 Å². The van der Waals surface area contributed by atoms with E-state index in [1.54, 1.807) is 36.4 Å². The number of hydrogen-bond donors (Lipinski definition) is 0. The number of carbonyl (C=O) groups excluding carboxylic acids is 1. The van der Waals surface area contributed by atoms with Gasteiger partial charge in [-0.25, -0.2) is 0 Å². The van der Waals surface area contributed by atoms with E-state index in [1.807, 2.05) is 24.3 Å². The number of rotatable bonds is 3. The highest BCUT2D eigenvalue weighted by Crippen LogP contribution is 2.14. The molecule has 0 atom stereocenters. The number of benzene rings is 2. The Morgan fingerprint density at radius 3 is 2.61 bits per heavy atom. The van der Waals surface area contributed by atoms with E-state index in [-0.39, 0.29) is 5.78 Å². The minimum Gasteiger partial charge on any atom is -0.289 e. The Morgan fingerprint density at radius 2 is 1.89 bits per heavy atom. The van der Waals surface area contributed by atoms with E-state index < -0.39 is 0 Å². The van der Waals surface area contributed by atoms with Crippen molar-refractivity contribution in [3.63, 3.8) is 0 Å². The van der Waals surface area contributed by atoms with E-state index in [4.69, 9.17) is 11.6 Å². The Labute approximate surface area is 119 Å². The van der Waals surface area contributed by atoms with Crippen molar-refractivity contribution >= 4 is 39.4 Å². The molecule has 0 fully saturated rings. The quantitative estimate of drug-likeness (QED) is 0.574. The van der Waals surface area contributed by atoms with Crippen LogP contribution in [0.25, 0.3) is 6.08 Å². The Morgan fingerprint density at radius 1 is 1.11 bits per heavy atom. The van der Waals surface area contributed by atoms with Crippen LogP contribution in [-0.4, -0.2) is 5.78 Å². The van der Waals surface area contributed by atoms with Crippen LogP contribution in [0.15, 0.2) is 59.1 Å². The molecule has 1 nitrogen and oxygen atoms in total. The SMILES string of the molecule is O=C(/C=C/c1cccc(Br)c1)c1cccc(Cl)c1. The minimum absolute atomic E-state index is 0.0579. The maximum absolute atomic E-state index is 11.9. The fourth-order valence-corrected chi connectivity index (χ4v) is 2.13. The summed E-state index contributed by atoms with van der Waals surface area (Å²) in [6.07, 6.45) is 3.33. The zero-order valence-corrected chi connectivity index (χ0v) is 11.8. The topological polar surface area (TPSA) is 17.1 Å². The molecule has 18 heavy (non-hydrogen) atoms. The molecule has 0 saturated carbocycles. The third-order valence-electron chi connectivity index (χ3n) is 2.38. The van der Waals surface area contributed by atoms with Gasteiger partial charge in [0, 0.05) is 15.1 Å². The minimum atomic E-state index is -0.0579. The van der Waals surface area contributed by atoms with Crippen molar-refractivity contribution in [1.29, 1.82) is 0 Å². The number of halogens is 2. The Kier molecular flexibility index (Phi) is 4.34. The maximum Gasteiger partial charge on any atom is 0.185 e. The first kappa shape index (κ1) is 13.1. The fraction of sp³-hybridized carbons (Fsp3) is 0. The molecule has 0 amide bonds. The summed E-state index contributed by atoms with van der Waals surface area (Å²) >= 11 is 9.23. The number of hydrogen-bond acceptors (Lipinski definition) is 1. The van der Waals surface area contributed by atoms with Gasteiger partial charge in [-0.05, 0) is 35.9 Å². The van der Waals surface area contributed by atoms with Gasteiger partial charge in [-0.15, -0.1) is 0 Å². The molecule has 2 aromatic rings. The molecule has 3 heteroatoms. The van der Waals surface area contributed by atoms with Gasteiger partial charge in [0.1, 0.15) is 0 Å². The molecule has 2 aromatic carbocycles. The van der Waals surface area contributed by atoms with Crippen LogP contribution in [0, 0.1) is 0 Å². The van der Waals surface area contributed by atoms with E-state index in [0.29, 0.717) is 10.6 Å². The van der Waals surface area contributed by atoms with E-state index in [9.17, 15) is 4.79 Å². The van der Waals surface area contributed by atoms with Gasteiger partial charge in [-0.1, -0.05) is 57.9 Å². The van der Waals surface area contributed by atoms with Crippen LogP contribution in [0.4, 0.5) is 0 Å². The lowest BCUT2D eigenvalue weighted by Gasteiger charge is -1.97. The molecule has 0 N–H and O–H groups in total. The lowest BCUT2D eigenvalue weighted by atomic mass is 10.1. The lowest BCUT2D eigenvalue weighted by molar-refractivity contribution is 0.104. The number of ketones is 1. The summed E-state index contributed by atoms with van der Waals surface area (Å²) in [6, 6.07) is 14.7. The third kappa shape index (κ3) is 3.56. The van der Waals surface area contributed by atoms with Crippen molar-refractivity contribution in [2.24, 2.45) is 0 Å². The lowest BCUT2D eigenvalue weighted by Crippen LogP contribution is -1.93. The highest BCUT2D eigenvalue weighted by atomic mass is 79.9. The third-order valence-corrected chi connectivity index (χ3v) is 3.11. The first-order chi connectivity index (χ1) is 8.65. The summed E-state index contributed by atoms with van der Waals surface area (Å²) in [4.78, 5) is 11.9. The second kappa shape index (κ2) is 5.98. The summed E-state index contributed by atoms with van der Waals surface area (Å²) < 4.78 is 0.986. The normalized spacial score (nSPS) is 10.8. The van der Waals surface area contributed by atoms with E-state index in [1.165, 1.54) is 0 Å². The molecule has 2 rings (SSSR count). The average Bonchev–Trinajstić information content (AvgIpc) is 2.36. The average molecular weight is 322 g/mol. The largest absolute Gasteiger partial charge is 0.289 e. The van der Waals surface area contributed by atoms with E-state index >= 15 is 0 Å². The van der Waals surface area contributed by atoms with E-state index in [0.717, 1.165) is 10.0 Å². The van der Waals surface area contributed by atoms with Crippen LogP contribution >= 0.6 is 27.5 Å². The first-order valence-corrected chi connectivity index (χ1v) is 6.56. The van der Waals surface area contributed by atoms with Crippen LogP contribution in [0.2, 0.25) is 5.02 Å². The monoisotopic (exact) mass is 320 g/mol. The molecule has 0 heterocycles. The zero-order chi connectivity index (χ0) is 13.0. The molecule has 0 aromatic heterocycles. The second-order valence-corrected chi connectivity index (χ2v) is 5.12. The highest BCUT2D eigenvalue weighted by molar-refractivity contribution is 9.10. The van der Waals surface area contributed by atoms with E-state index in [2.05, 4.69) is 15.9 Å². The van der Waals surface area contributed by atoms with Crippen molar-refractivity contribution in [2.45, 2.75) is 0 Å². The van der Waals surface area contributed by atoms with Crippen molar-refractivity contribution in [3.8, 4) is 0 Å². The van der Waals surface area contributed by atoms with Crippen molar-refractivity contribution in [2.75, 3.05) is 0 Å². The molecule has 0 bridgehead atoms. The highest BCUT2D eigenvalue weighted by Gasteiger charge is 2.01. The molecule has 0 saturated heterocycles. The maximum atomic E-state index is 11.9. The molecule has 0 radical (unpaired) electrons. The number of allylic oxidation sites excluding steroid dienone is 1. The fourth-order valence-electron chi connectivity index (χ4n) is 1.52. The summed E-state index contributed by atoms with van der Waals surface area (Å²) in [6.45, 7) is 0. The van der Waals surface area contributed by atoms with Crippen molar-refractivity contribution < 1.29 is 4.79 Å². The van der Waals surface area contributed by atoms with Crippen molar-refractivity contribution in [3.05, 3.63) is 75.2 Å². The molecule has 0 aliphatic rings. The van der Waals surface area contributed by atoms with Gasteiger partial charge in [0.05, 0.1) is 0 Å². The van der Waals surface area contributed by atoms with Gasteiger partial charge >= 0.3 is 0 Å². The summed E-state index contributed by atoms with van der Waals surface area (Å²) in [5.74, 6) is -0.0579. The van der Waals surface area contributed by atoms with Gasteiger partial charge in [0.15, 0.2) is 5.78 Å². The first-order valence-electron chi connectivity index (χ1n) is 5.39. The molecule has 0 spiro atoms. The molecule has 0 unspecified atom stereocenters. The zero-order valence-electron chi connectivity index (χ0n) is 9.44. The Balaban J connectivity index is 2.17.